The fourth-order valence-corrected chi connectivity index (χ4v) is 9.08. The molecule has 10 heteroatoms. The van der Waals surface area contributed by atoms with E-state index in [-0.39, 0.29) is 47.8 Å². The Bertz CT molecular complexity index is 1160. The molecule has 4 heterocycles. The van der Waals surface area contributed by atoms with Crippen LogP contribution in [0.5, 0.6) is 0 Å². The number of urea groups is 1. The van der Waals surface area contributed by atoms with E-state index in [1.165, 1.54) is 5.56 Å². The number of alkyl halides is 2. The molecule has 1 aliphatic carbocycles. The van der Waals surface area contributed by atoms with Crippen molar-refractivity contribution in [2.45, 2.75) is 108 Å². The number of carbonyl (C=O) groups excluding carboxylic acids is 3. The molecule has 2 bridgehead atoms. The standard InChI is InChI=1S/C32H44F2N4O3.ClH/c1-21(2)38-30(41)37(20-27(33)34)29(40)32(38)15-24-11-12-25(16-32)36(24)18-23-17-35(28(39)31(3)13-7-8-14-31)19-26(23)22-9-5-4-6-10-22;/h4-6,9-10,21,23-27H,7-8,11-20H2,1-3H3;1H/t23-,24?,25?,26-,32?;/m1./s1. The molecule has 1 saturated carbocycles. The molecular formula is C32H45ClF2N4O3. The van der Waals surface area contributed by atoms with E-state index >= 15 is 0 Å². The van der Waals surface area contributed by atoms with Crippen molar-refractivity contribution in [2.24, 2.45) is 11.3 Å². The number of rotatable bonds is 7. The Balaban J connectivity index is 0.00000353. The van der Waals surface area contributed by atoms with E-state index in [1.54, 1.807) is 4.90 Å². The van der Waals surface area contributed by atoms with Crippen molar-refractivity contribution in [1.29, 1.82) is 0 Å². The number of hydrogen-bond acceptors (Lipinski definition) is 4. The lowest BCUT2D eigenvalue weighted by molar-refractivity contribution is -0.140. The summed E-state index contributed by atoms with van der Waals surface area (Å²) in [5.41, 5.74) is -0.0435. The third kappa shape index (κ3) is 5.12. The molecule has 4 saturated heterocycles. The van der Waals surface area contributed by atoms with E-state index in [1.807, 2.05) is 19.9 Å². The molecule has 6 rings (SSSR count). The van der Waals surface area contributed by atoms with Gasteiger partial charge in [0.05, 0.1) is 6.54 Å². The first-order chi connectivity index (χ1) is 19.5. The number of hydrogen-bond donors (Lipinski definition) is 0. The molecule has 4 aliphatic heterocycles. The van der Waals surface area contributed by atoms with Crippen LogP contribution in [0.15, 0.2) is 30.3 Å². The molecule has 0 radical (unpaired) electrons. The molecule has 1 aromatic carbocycles. The molecule has 4 amide bonds. The third-order valence-corrected chi connectivity index (χ3v) is 10.9. The smallest absolute Gasteiger partial charge is 0.328 e. The van der Waals surface area contributed by atoms with Gasteiger partial charge in [0.2, 0.25) is 5.91 Å². The van der Waals surface area contributed by atoms with Gasteiger partial charge in [0.1, 0.15) is 5.54 Å². The molecule has 0 N–H and O–H groups in total. The molecule has 232 valence electrons. The SMILES string of the molecule is CC(C)N1C(=O)N(CC(F)F)C(=O)C12CC1CCC(C2)N1C[C@H]1CN(C(=O)C2(C)CCCC2)C[C@@H]1c1ccccc1.Cl. The zero-order valence-corrected chi connectivity index (χ0v) is 25.8. The highest BCUT2D eigenvalue weighted by Crippen LogP contribution is 2.50. The van der Waals surface area contributed by atoms with Gasteiger partial charge < -0.3 is 9.80 Å². The van der Waals surface area contributed by atoms with Gasteiger partial charge in [0.15, 0.2) is 0 Å². The highest BCUT2D eigenvalue weighted by Gasteiger charge is 2.63. The van der Waals surface area contributed by atoms with Crippen molar-refractivity contribution in [3.05, 3.63) is 35.9 Å². The fraction of sp³-hybridized carbons (Fsp3) is 0.719. The van der Waals surface area contributed by atoms with Crippen LogP contribution in [-0.2, 0) is 9.59 Å². The first-order valence-corrected chi connectivity index (χ1v) is 15.6. The summed E-state index contributed by atoms with van der Waals surface area (Å²) in [7, 11) is 0. The van der Waals surface area contributed by atoms with E-state index in [2.05, 4.69) is 41.0 Å². The van der Waals surface area contributed by atoms with Gasteiger partial charge in [-0.1, -0.05) is 50.1 Å². The normalized spacial score (nSPS) is 32.6. The summed E-state index contributed by atoms with van der Waals surface area (Å²) in [4.78, 5) is 47.7. The molecule has 7 nitrogen and oxygen atoms in total. The summed E-state index contributed by atoms with van der Waals surface area (Å²) in [5.74, 6) is 0.350. The van der Waals surface area contributed by atoms with Gasteiger partial charge in [-0.05, 0) is 63.9 Å². The van der Waals surface area contributed by atoms with Crippen molar-refractivity contribution in [3.63, 3.8) is 0 Å². The van der Waals surface area contributed by atoms with Crippen LogP contribution in [0.2, 0.25) is 0 Å². The van der Waals surface area contributed by atoms with Crippen molar-refractivity contribution in [3.8, 4) is 0 Å². The zero-order chi connectivity index (χ0) is 29.1. The van der Waals surface area contributed by atoms with Gasteiger partial charge in [-0.2, -0.15) is 0 Å². The van der Waals surface area contributed by atoms with Crippen LogP contribution in [0.1, 0.15) is 83.6 Å². The Hall–Kier alpha value is -2.26. The number of piperidine rings is 1. The number of imide groups is 1. The second-order valence-electron chi connectivity index (χ2n) is 13.8. The molecule has 0 aromatic heterocycles. The van der Waals surface area contributed by atoms with E-state index < -0.39 is 30.4 Å². The van der Waals surface area contributed by atoms with Crippen LogP contribution < -0.4 is 0 Å². The van der Waals surface area contributed by atoms with E-state index in [9.17, 15) is 23.2 Å². The van der Waals surface area contributed by atoms with Gasteiger partial charge in [0, 0.05) is 49.1 Å². The second kappa shape index (κ2) is 11.7. The van der Waals surface area contributed by atoms with Crippen LogP contribution in [0.25, 0.3) is 0 Å². The predicted molar refractivity (Wildman–Crippen MR) is 159 cm³/mol. The monoisotopic (exact) mass is 606 g/mol. The van der Waals surface area contributed by atoms with Gasteiger partial charge in [0.25, 0.3) is 12.3 Å². The average Bonchev–Trinajstić information content (AvgIpc) is 3.67. The zero-order valence-electron chi connectivity index (χ0n) is 25.0. The molecule has 2 unspecified atom stereocenters. The first kappa shape index (κ1) is 31.2. The fourth-order valence-electron chi connectivity index (χ4n) is 9.08. The Morgan fingerprint density at radius 3 is 2.19 bits per heavy atom. The number of amides is 4. The van der Waals surface area contributed by atoms with Crippen LogP contribution >= 0.6 is 12.4 Å². The molecule has 5 aliphatic rings. The lowest BCUT2D eigenvalue weighted by Gasteiger charge is -2.48. The van der Waals surface area contributed by atoms with Gasteiger partial charge in [-0.3, -0.25) is 19.4 Å². The van der Waals surface area contributed by atoms with Crippen LogP contribution in [-0.4, -0.2) is 93.7 Å². The van der Waals surface area contributed by atoms with Crippen molar-refractivity contribution in [2.75, 3.05) is 26.2 Å². The minimum atomic E-state index is -2.75. The molecular weight excluding hydrogens is 562 g/mol. The van der Waals surface area contributed by atoms with Crippen molar-refractivity contribution >= 4 is 30.3 Å². The summed E-state index contributed by atoms with van der Waals surface area (Å²) in [6.07, 6.45) is 4.22. The van der Waals surface area contributed by atoms with Crippen LogP contribution in [0, 0.1) is 11.3 Å². The van der Waals surface area contributed by atoms with Crippen LogP contribution in [0.3, 0.4) is 0 Å². The number of likely N-dealkylation sites (tertiary alicyclic amines) is 1. The second-order valence-corrected chi connectivity index (χ2v) is 13.8. The van der Waals surface area contributed by atoms with Crippen molar-refractivity contribution in [1.82, 2.24) is 19.6 Å². The maximum absolute atomic E-state index is 13.7. The first-order valence-electron chi connectivity index (χ1n) is 15.6. The number of carbonyl (C=O) groups is 3. The lowest BCUT2D eigenvalue weighted by Crippen LogP contribution is -2.62. The molecule has 1 aromatic rings. The number of halogens is 3. The average molecular weight is 607 g/mol. The Labute approximate surface area is 254 Å². The maximum Gasteiger partial charge on any atom is 0.328 e. The topological polar surface area (TPSA) is 64.2 Å². The molecule has 42 heavy (non-hydrogen) atoms. The minimum absolute atomic E-state index is 0. The quantitative estimate of drug-likeness (QED) is 0.383. The largest absolute Gasteiger partial charge is 0.341 e. The van der Waals surface area contributed by atoms with Crippen molar-refractivity contribution < 1.29 is 23.2 Å². The Morgan fingerprint density at radius 2 is 1.62 bits per heavy atom. The number of fused-ring (bicyclic) bond motifs is 2. The summed E-state index contributed by atoms with van der Waals surface area (Å²) in [6, 6.07) is 9.88. The predicted octanol–water partition coefficient (Wildman–Crippen LogP) is 5.53. The number of benzene rings is 1. The molecule has 1 spiro atoms. The van der Waals surface area contributed by atoms with E-state index in [0.29, 0.717) is 18.7 Å². The summed E-state index contributed by atoms with van der Waals surface area (Å²) in [5, 5.41) is 0. The number of nitrogens with zero attached hydrogens (tertiary/aromatic N) is 4. The Morgan fingerprint density at radius 1 is 1.00 bits per heavy atom. The third-order valence-electron chi connectivity index (χ3n) is 10.9. The summed E-state index contributed by atoms with van der Waals surface area (Å²) in [6.45, 7) is 7.31. The summed E-state index contributed by atoms with van der Waals surface area (Å²) >= 11 is 0. The lowest BCUT2D eigenvalue weighted by atomic mass is 9.79. The van der Waals surface area contributed by atoms with Gasteiger partial charge in [-0.25, -0.2) is 13.6 Å². The van der Waals surface area contributed by atoms with Crippen LogP contribution in [0.4, 0.5) is 13.6 Å². The molecule has 5 fully saturated rings. The van der Waals surface area contributed by atoms with E-state index in [4.69, 9.17) is 0 Å². The Kier molecular flexibility index (Phi) is 8.67. The van der Waals surface area contributed by atoms with E-state index in [0.717, 1.165) is 63.1 Å². The van der Waals surface area contributed by atoms with Gasteiger partial charge in [-0.15, -0.1) is 12.4 Å². The molecule has 4 atom stereocenters. The maximum atomic E-state index is 13.7. The van der Waals surface area contributed by atoms with Gasteiger partial charge >= 0.3 is 6.03 Å². The summed E-state index contributed by atoms with van der Waals surface area (Å²) < 4.78 is 26.7. The highest BCUT2D eigenvalue weighted by atomic mass is 35.5. The highest BCUT2D eigenvalue weighted by molar-refractivity contribution is 6.07. The minimum Gasteiger partial charge on any atom is -0.341 e.